The van der Waals surface area contributed by atoms with Crippen LogP contribution < -0.4 is 5.32 Å². The van der Waals surface area contributed by atoms with Gasteiger partial charge in [-0.25, -0.2) is 9.80 Å². The molecule has 3 rings (SSSR count). The van der Waals surface area contributed by atoms with Crippen molar-refractivity contribution in [3.63, 3.8) is 0 Å². The van der Waals surface area contributed by atoms with Crippen LogP contribution >= 0.6 is 0 Å². The Kier molecular flexibility index (Phi) is 2.00. The van der Waals surface area contributed by atoms with Gasteiger partial charge >= 0.3 is 6.03 Å². The van der Waals surface area contributed by atoms with E-state index in [-0.39, 0.29) is 6.54 Å². The van der Waals surface area contributed by atoms with Crippen LogP contribution in [0.15, 0.2) is 36.5 Å². The molecule has 0 unspecified atom stereocenters. The van der Waals surface area contributed by atoms with Crippen molar-refractivity contribution in [2.45, 2.75) is 0 Å². The molecule has 6 nitrogen and oxygen atoms in total. The predicted molar refractivity (Wildman–Crippen MR) is 61.3 cm³/mol. The average Bonchev–Trinajstić information content (AvgIpc) is 2.79. The van der Waals surface area contributed by atoms with E-state index in [2.05, 4.69) is 11.9 Å². The molecule has 0 bridgehead atoms. The van der Waals surface area contributed by atoms with Crippen LogP contribution in [0.1, 0.15) is 20.7 Å². The summed E-state index contributed by atoms with van der Waals surface area (Å²) in [5, 5.41) is 4.38. The molecule has 2 aliphatic heterocycles. The molecule has 0 atom stereocenters. The summed E-state index contributed by atoms with van der Waals surface area (Å²) in [5.41, 5.74) is 1.08. The molecule has 1 aromatic carbocycles. The summed E-state index contributed by atoms with van der Waals surface area (Å²) in [6.07, 6.45) is 0. The summed E-state index contributed by atoms with van der Waals surface area (Å²) in [4.78, 5) is 35.8. The van der Waals surface area contributed by atoms with Gasteiger partial charge in [0.2, 0.25) is 0 Å². The van der Waals surface area contributed by atoms with Crippen molar-refractivity contribution in [1.82, 2.24) is 15.3 Å². The Bertz CT molecular complexity index is 573. The Balaban J connectivity index is 2.02. The lowest BCUT2D eigenvalue weighted by molar-refractivity contribution is 0.0259. The van der Waals surface area contributed by atoms with Gasteiger partial charge in [0.15, 0.2) is 0 Å². The van der Waals surface area contributed by atoms with E-state index in [1.807, 2.05) is 0 Å². The van der Waals surface area contributed by atoms with E-state index in [1.54, 1.807) is 24.3 Å². The fourth-order valence-corrected chi connectivity index (χ4v) is 2.07. The third-order valence-electron chi connectivity index (χ3n) is 2.87. The molecule has 4 amide bonds. The molecular weight excluding hydrogens is 234 g/mol. The Morgan fingerprint density at radius 3 is 2.06 bits per heavy atom. The maximum atomic E-state index is 12.1. The molecule has 6 heteroatoms. The molecule has 2 aliphatic rings. The lowest BCUT2D eigenvalue weighted by Gasteiger charge is -2.23. The van der Waals surface area contributed by atoms with Gasteiger partial charge in [-0.3, -0.25) is 9.59 Å². The quantitative estimate of drug-likeness (QED) is 0.739. The minimum Gasteiger partial charge on any atom is -0.309 e. The summed E-state index contributed by atoms with van der Waals surface area (Å²) in [6, 6.07) is 5.97. The van der Waals surface area contributed by atoms with Crippen LogP contribution in [0.2, 0.25) is 0 Å². The van der Waals surface area contributed by atoms with Gasteiger partial charge in [0.25, 0.3) is 11.8 Å². The maximum Gasteiger partial charge on any atom is 0.341 e. The van der Waals surface area contributed by atoms with Gasteiger partial charge in [-0.1, -0.05) is 18.7 Å². The van der Waals surface area contributed by atoms with Crippen molar-refractivity contribution in [1.29, 1.82) is 0 Å². The molecular formula is C12H9N3O3. The van der Waals surface area contributed by atoms with Crippen molar-refractivity contribution >= 4 is 17.8 Å². The van der Waals surface area contributed by atoms with Crippen molar-refractivity contribution in [2.75, 3.05) is 6.54 Å². The lowest BCUT2D eigenvalue weighted by atomic mass is 10.1. The number of fused-ring (bicyclic) bond motifs is 1. The highest BCUT2D eigenvalue weighted by Crippen LogP contribution is 2.25. The van der Waals surface area contributed by atoms with Crippen LogP contribution in [-0.4, -0.2) is 34.4 Å². The van der Waals surface area contributed by atoms with Gasteiger partial charge in [-0.15, -0.1) is 0 Å². The first-order valence-electron chi connectivity index (χ1n) is 5.33. The van der Waals surface area contributed by atoms with E-state index in [0.29, 0.717) is 16.8 Å². The van der Waals surface area contributed by atoms with Crippen LogP contribution in [0, 0.1) is 0 Å². The average molecular weight is 243 g/mol. The third-order valence-corrected chi connectivity index (χ3v) is 2.87. The van der Waals surface area contributed by atoms with Gasteiger partial charge in [0.05, 0.1) is 17.7 Å². The summed E-state index contributed by atoms with van der Waals surface area (Å²) < 4.78 is 0. The summed E-state index contributed by atoms with van der Waals surface area (Å²) in [7, 11) is 0. The number of hydrazine groups is 1. The van der Waals surface area contributed by atoms with Crippen molar-refractivity contribution in [2.24, 2.45) is 0 Å². The Hall–Kier alpha value is -2.63. The molecule has 1 aromatic rings. The smallest absolute Gasteiger partial charge is 0.309 e. The molecule has 1 saturated heterocycles. The molecule has 0 radical (unpaired) electrons. The van der Waals surface area contributed by atoms with Crippen LogP contribution in [-0.2, 0) is 0 Å². The first kappa shape index (κ1) is 10.5. The number of urea groups is 1. The van der Waals surface area contributed by atoms with Crippen molar-refractivity contribution < 1.29 is 14.4 Å². The number of carbonyl (C=O) groups excluding carboxylic acids is 3. The number of rotatable bonds is 1. The standard InChI is InChI=1S/C12H9N3O3/c1-7-6-14(12(18)13-7)15-10(16)8-4-2-3-5-9(8)11(15)17/h2-5H,1,6H2,(H,13,18). The van der Waals surface area contributed by atoms with Crippen LogP contribution in [0.3, 0.4) is 0 Å². The largest absolute Gasteiger partial charge is 0.341 e. The Morgan fingerprint density at radius 2 is 1.61 bits per heavy atom. The zero-order chi connectivity index (χ0) is 12.9. The van der Waals surface area contributed by atoms with E-state index >= 15 is 0 Å². The number of nitrogens with zero attached hydrogens (tertiary/aromatic N) is 2. The molecule has 90 valence electrons. The number of hydrogen-bond acceptors (Lipinski definition) is 3. The molecule has 1 fully saturated rings. The SMILES string of the molecule is C=C1CN(N2C(=O)c3ccccc3C2=O)C(=O)N1. The molecule has 0 spiro atoms. The topological polar surface area (TPSA) is 69.7 Å². The van der Waals surface area contributed by atoms with Gasteiger partial charge < -0.3 is 5.32 Å². The molecule has 0 saturated carbocycles. The number of imide groups is 1. The van der Waals surface area contributed by atoms with Gasteiger partial charge in [0.1, 0.15) is 0 Å². The Morgan fingerprint density at radius 1 is 1.06 bits per heavy atom. The fourth-order valence-electron chi connectivity index (χ4n) is 2.07. The van der Waals surface area contributed by atoms with Crippen LogP contribution in [0.5, 0.6) is 0 Å². The van der Waals surface area contributed by atoms with E-state index in [9.17, 15) is 14.4 Å². The van der Waals surface area contributed by atoms with E-state index in [1.165, 1.54) is 0 Å². The molecule has 2 heterocycles. The zero-order valence-corrected chi connectivity index (χ0v) is 9.34. The highest BCUT2D eigenvalue weighted by Gasteiger charge is 2.43. The predicted octanol–water partition coefficient (Wildman–Crippen LogP) is 0.737. The number of amides is 4. The second kappa shape index (κ2) is 3.43. The summed E-state index contributed by atoms with van der Waals surface area (Å²) in [6.45, 7) is 3.72. The maximum absolute atomic E-state index is 12.1. The lowest BCUT2D eigenvalue weighted by Crippen LogP contribution is -2.47. The molecule has 0 aliphatic carbocycles. The second-order valence-electron chi connectivity index (χ2n) is 4.06. The number of nitrogens with one attached hydrogen (secondary N) is 1. The highest BCUT2D eigenvalue weighted by atomic mass is 16.2. The zero-order valence-electron chi connectivity index (χ0n) is 9.34. The second-order valence-corrected chi connectivity index (χ2v) is 4.06. The normalized spacial score (nSPS) is 18.4. The number of benzene rings is 1. The Labute approximate surface area is 102 Å². The van der Waals surface area contributed by atoms with Crippen molar-refractivity contribution in [3.8, 4) is 0 Å². The van der Waals surface area contributed by atoms with E-state index in [4.69, 9.17) is 0 Å². The van der Waals surface area contributed by atoms with Crippen molar-refractivity contribution in [3.05, 3.63) is 47.7 Å². The van der Waals surface area contributed by atoms with Crippen LogP contribution in [0.4, 0.5) is 4.79 Å². The first-order valence-corrected chi connectivity index (χ1v) is 5.33. The minimum absolute atomic E-state index is 0.115. The van der Waals surface area contributed by atoms with Gasteiger partial charge in [0, 0.05) is 5.70 Å². The van der Waals surface area contributed by atoms with E-state index in [0.717, 1.165) is 10.0 Å². The molecule has 18 heavy (non-hydrogen) atoms. The van der Waals surface area contributed by atoms with Gasteiger partial charge in [-0.05, 0) is 12.1 Å². The first-order chi connectivity index (χ1) is 8.59. The van der Waals surface area contributed by atoms with Crippen LogP contribution in [0.25, 0.3) is 0 Å². The summed E-state index contributed by atoms with van der Waals surface area (Å²) >= 11 is 0. The third kappa shape index (κ3) is 1.26. The highest BCUT2D eigenvalue weighted by molar-refractivity contribution is 6.21. The van der Waals surface area contributed by atoms with Gasteiger partial charge in [-0.2, -0.15) is 5.01 Å². The number of carbonyl (C=O) groups is 3. The summed E-state index contributed by atoms with van der Waals surface area (Å²) in [5.74, 6) is -0.971. The molecule has 0 aromatic heterocycles. The minimum atomic E-state index is -0.519. The molecule has 1 N–H and O–H groups in total. The number of hydrogen-bond donors (Lipinski definition) is 1. The monoisotopic (exact) mass is 243 g/mol. The fraction of sp³-hybridized carbons (Fsp3) is 0.0833. The van der Waals surface area contributed by atoms with E-state index < -0.39 is 17.8 Å².